The molecule has 0 saturated carbocycles. The quantitative estimate of drug-likeness (QED) is 0.343. The Morgan fingerprint density at radius 3 is 2.69 bits per heavy atom. The molecule has 0 bridgehead atoms. The number of nitrogens with one attached hydrogen (secondary N) is 1. The minimum atomic E-state index is -1.14. The molecule has 0 atom stereocenters. The summed E-state index contributed by atoms with van der Waals surface area (Å²) in [5, 5.41) is 27.7. The van der Waals surface area contributed by atoms with Crippen molar-refractivity contribution < 1.29 is 14.6 Å². The van der Waals surface area contributed by atoms with Crippen LogP contribution in [0.25, 0.3) is 16.6 Å². The number of ether oxygens (including phenoxy) is 1. The maximum Gasteiger partial charge on any atom is 0.271 e. The van der Waals surface area contributed by atoms with Gasteiger partial charge in [-0.2, -0.15) is 10.4 Å². The summed E-state index contributed by atoms with van der Waals surface area (Å²) in [6.07, 6.45) is 8.40. The molecular formula is C31H28ClN7O3. The van der Waals surface area contributed by atoms with E-state index in [4.69, 9.17) is 21.3 Å². The number of aromatic nitrogens is 4. The van der Waals surface area contributed by atoms with Crippen molar-refractivity contribution in [3.63, 3.8) is 0 Å². The molecule has 10 nitrogen and oxygen atoms in total. The Labute approximate surface area is 247 Å². The van der Waals surface area contributed by atoms with E-state index >= 15 is 0 Å². The highest BCUT2D eigenvalue weighted by Crippen LogP contribution is 2.33. The molecule has 0 spiro atoms. The maximum atomic E-state index is 12.6. The smallest absolute Gasteiger partial charge is 0.271 e. The molecule has 2 aliphatic heterocycles. The molecule has 6 rings (SSSR count). The lowest BCUT2D eigenvalue weighted by Gasteiger charge is -2.40. The first-order valence-electron chi connectivity index (χ1n) is 13.6. The number of rotatable bonds is 5. The van der Waals surface area contributed by atoms with Crippen molar-refractivity contribution >= 4 is 28.8 Å². The highest BCUT2D eigenvalue weighted by molar-refractivity contribution is 6.33. The molecule has 0 aromatic carbocycles. The number of hydrogen-bond donors (Lipinski definition) is 2. The van der Waals surface area contributed by atoms with Crippen molar-refractivity contribution in [1.82, 2.24) is 24.9 Å². The van der Waals surface area contributed by atoms with E-state index in [0.29, 0.717) is 28.2 Å². The molecule has 0 aliphatic carbocycles. The van der Waals surface area contributed by atoms with Gasteiger partial charge in [0.15, 0.2) is 5.60 Å². The van der Waals surface area contributed by atoms with Crippen molar-refractivity contribution in [1.29, 1.82) is 5.26 Å². The fourth-order valence-corrected chi connectivity index (χ4v) is 5.37. The van der Waals surface area contributed by atoms with Gasteiger partial charge in [-0.15, -0.1) is 0 Å². The van der Waals surface area contributed by atoms with Crippen LogP contribution < -0.4 is 10.2 Å². The summed E-state index contributed by atoms with van der Waals surface area (Å²) in [6, 6.07) is 11.4. The monoisotopic (exact) mass is 581 g/mol. The minimum absolute atomic E-state index is 0.0606. The number of hydrogen-bond acceptors (Lipinski definition) is 8. The summed E-state index contributed by atoms with van der Waals surface area (Å²) < 4.78 is 6.72. The zero-order valence-corrected chi connectivity index (χ0v) is 23.7. The lowest BCUT2D eigenvalue weighted by atomic mass is 9.80. The van der Waals surface area contributed by atoms with Gasteiger partial charge in [0, 0.05) is 54.9 Å². The molecule has 1 amide bonds. The second-order valence-electron chi connectivity index (χ2n) is 11.1. The first-order chi connectivity index (χ1) is 20.3. The summed E-state index contributed by atoms with van der Waals surface area (Å²) >= 11 is 6.12. The first kappa shape index (κ1) is 27.7. The zero-order chi connectivity index (χ0) is 29.3. The van der Waals surface area contributed by atoms with Gasteiger partial charge in [0.05, 0.1) is 35.5 Å². The average molecular weight is 582 g/mol. The van der Waals surface area contributed by atoms with Crippen LogP contribution in [0.15, 0.2) is 55.1 Å². The molecular weight excluding hydrogens is 554 g/mol. The number of carbonyl (C=O) groups is 1. The maximum absolute atomic E-state index is 12.6. The van der Waals surface area contributed by atoms with E-state index in [0.717, 1.165) is 42.9 Å². The number of anilines is 1. The van der Waals surface area contributed by atoms with Crippen LogP contribution in [0.5, 0.6) is 0 Å². The van der Waals surface area contributed by atoms with Crippen molar-refractivity contribution in [2.45, 2.75) is 25.4 Å². The Hall–Kier alpha value is -4.48. The fraction of sp³-hybridized carbons (Fsp3) is 0.323. The number of carbonyl (C=O) groups excluding carboxylic acids is 1. The topological polar surface area (TPSA) is 129 Å². The fourth-order valence-electron chi connectivity index (χ4n) is 5.16. The molecule has 0 radical (unpaired) electrons. The molecule has 0 unspecified atom stereocenters. The van der Waals surface area contributed by atoms with Crippen LogP contribution in [0.3, 0.4) is 0 Å². The number of nitrogens with zero attached hydrogens (tertiary/aromatic N) is 6. The van der Waals surface area contributed by atoms with Gasteiger partial charge in [0.2, 0.25) is 0 Å². The van der Waals surface area contributed by atoms with Crippen molar-refractivity contribution in [3.8, 4) is 29.0 Å². The van der Waals surface area contributed by atoms with Gasteiger partial charge in [0.25, 0.3) is 5.91 Å². The standard InChI is InChI=1S/C31H28ClN7O3/c1-30(18-36-29(40)27-25(32)3-2-10-34-27)8-11-38(12-9-30)26-5-4-22(15-35-26)24-13-21(6-7-31(41)19-42-20-31)17-39-28(24)23(14-33)16-37-39/h2-5,10,13,15-17,41H,8-9,11-12,18-20H2,1H3,(H,36,40). The van der Waals surface area contributed by atoms with Gasteiger partial charge in [0.1, 0.15) is 17.6 Å². The van der Waals surface area contributed by atoms with Crippen LogP contribution in [0.2, 0.25) is 5.02 Å². The number of piperidine rings is 1. The third kappa shape index (κ3) is 5.53. The Kier molecular flexibility index (Phi) is 7.29. The summed E-state index contributed by atoms with van der Waals surface area (Å²) in [4.78, 5) is 23.7. The van der Waals surface area contributed by atoms with Crippen LogP contribution in [-0.4, -0.2) is 69.0 Å². The van der Waals surface area contributed by atoms with Crippen LogP contribution in [0, 0.1) is 28.6 Å². The van der Waals surface area contributed by atoms with E-state index in [1.165, 1.54) is 6.20 Å². The summed E-state index contributed by atoms with van der Waals surface area (Å²) in [7, 11) is 0. The predicted octanol–water partition coefficient (Wildman–Crippen LogP) is 3.47. The SMILES string of the molecule is CC1(CNC(=O)c2ncccc2Cl)CCN(c2ccc(-c3cc(C#CC4(O)COC4)cn4ncc(C#N)c34)cn2)CC1. The number of fused-ring (bicyclic) bond motifs is 1. The predicted molar refractivity (Wildman–Crippen MR) is 157 cm³/mol. The van der Waals surface area contributed by atoms with Crippen LogP contribution in [-0.2, 0) is 4.74 Å². The molecule has 4 aromatic rings. The number of nitriles is 1. The highest BCUT2D eigenvalue weighted by Gasteiger charge is 2.34. The first-order valence-corrected chi connectivity index (χ1v) is 14.0. The largest absolute Gasteiger partial charge is 0.373 e. The van der Waals surface area contributed by atoms with E-state index in [-0.39, 0.29) is 30.2 Å². The van der Waals surface area contributed by atoms with Gasteiger partial charge < -0.3 is 20.1 Å². The zero-order valence-electron chi connectivity index (χ0n) is 23.0. The molecule has 42 heavy (non-hydrogen) atoms. The highest BCUT2D eigenvalue weighted by atomic mass is 35.5. The Morgan fingerprint density at radius 1 is 1.21 bits per heavy atom. The second kappa shape index (κ2) is 11.1. The third-order valence-corrected chi connectivity index (χ3v) is 8.16. The van der Waals surface area contributed by atoms with Gasteiger partial charge in [-0.1, -0.05) is 30.4 Å². The molecule has 2 saturated heterocycles. The van der Waals surface area contributed by atoms with E-state index < -0.39 is 5.60 Å². The summed E-state index contributed by atoms with van der Waals surface area (Å²) in [5.74, 6) is 6.50. The normalized spacial score (nSPS) is 17.0. The molecule has 212 valence electrons. The number of pyridine rings is 3. The van der Waals surface area contributed by atoms with Gasteiger partial charge in [-0.3, -0.25) is 4.79 Å². The van der Waals surface area contributed by atoms with Crippen LogP contribution >= 0.6 is 11.6 Å². The van der Waals surface area contributed by atoms with Crippen molar-refractivity contribution in [3.05, 3.63) is 77.0 Å². The molecule has 6 heterocycles. The lowest BCUT2D eigenvalue weighted by molar-refractivity contribution is -0.140. The van der Waals surface area contributed by atoms with Gasteiger partial charge in [-0.05, 0) is 48.6 Å². The van der Waals surface area contributed by atoms with Crippen molar-refractivity contribution in [2.24, 2.45) is 5.41 Å². The van der Waals surface area contributed by atoms with E-state index in [2.05, 4.69) is 45.1 Å². The van der Waals surface area contributed by atoms with Gasteiger partial charge in [-0.25, -0.2) is 14.5 Å². The summed E-state index contributed by atoms with van der Waals surface area (Å²) in [6.45, 7) is 4.68. The molecule has 2 N–H and O–H groups in total. The number of halogens is 1. The minimum Gasteiger partial charge on any atom is -0.373 e. The van der Waals surface area contributed by atoms with E-state index in [9.17, 15) is 15.2 Å². The van der Waals surface area contributed by atoms with E-state index in [1.807, 2.05) is 18.2 Å². The molecule has 2 fully saturated rings. The molecule has 4 aromatic heterocycles. The van der Waals surface area contributed by atoms with Crippen molar-refractivity contribution in [2.75, 3.05) is 37.7 Å². The van der Waals surface area contributed by atoms with E-state index in [1.54, 1.807) is 35.2 Å². The van der Waals surface area contributed by atoms with Gasteiger partial charge >= 0.3 is 0 Å². The number of amides is 1. The lowest BCUT2D eigenvalue weighted by Crippen LogP contribution is -2.48. The van der Waals surface area contributed by atoms with Crippen LogP contribution in [0.4, 0.5) is 5.82 Å². The molecule has 11 heteroatoms. The average Bonchev–Trinajstić information content (AvgIpc) is 3.41. The third-order valence-electron chi connectivity index (χ3n) is 7.86. The number of aliphatic hydroxyl groups is 1. The molecule has 2 aliphatic rings. The summed E-state index contributed by atoms with van der Waals surface area (Å²) in [5.41, 5.74) is 2.43. The second-order valence-corrected chi connectivity index (χ2v) is 11.5. The Morgan fingerprint density at radius 2 is 2.02 bits per heavy atom. The Bertz CT molecular complexity index is 1760. The van der Waals surface area contributed by atoms with Crippen LogP contribution in [0.1, 0.15) is 41.4 Å². The Balaban J connectivity index is 1.16.